The van der Waals surface area contributed by atoms with E-state index in [0.29, 0.717) is 0 Å². The Bertz CT molecular complexity index is 258. The van der Waals surface area contributed by atoms with Crippen LogP contribution in [0.15, 0.2) is 0 Å². The fourth-order valence-corrected chi connectivity index (χ4v) is 0.400. The highest BCUT2D eigenvalue weighted by Crippen LogP contribution is 1.68. The lowest BCUT2D eigenvalue weighted by molar-refractivity contribution is -0.470. The van der Waals surface area contributed by atoms with Gasteiger partial charge in [-0.3, -0.25) is 15.2 Å². The molecule has 0 amide bonds. The molecule has 8 heteroatoms. The summed E-state index contributed by atoms with van der Waals surface area (Å²) in [5.74, 6) is 0.769. The van der Waals surface area contributed by atoms with Gasteiger partial charge in [0.25, 0.3) is 0 Å². The predicted molar refractivity (Wildman–Crippen MR) is 48.9 cm³/mol. The second kappa shape index (κ2) is 5.73. The molecule has 13 heavy (non-hydrogen) atoms. The van der Waals surface area contributed by atoms with Crippen LogP contribution >= 0.6 is 0 Å². The van der Waals surface area contributed by atoms with E-state index in [1.807, 2.05) is 37.7 Å². The highest BCUT2D eigenvalue weighted by atomic mass is 32.2. The van der Waals surface area contributed by atoms with Crippen LogP contribution in [0.4, 0.5) is 0 Å². The molecule has 0 saturated heterocycles. The predicted octanol–water partition coefficient (Wildman–Crippen LogP) is -2.46. The maximum Gasteiger partial charge on any atom is 0.344 e. The minimum Gasteiger partial charge on any atom is -0.736 e. The van der Waals surface area contributed by atoms with Crippen LogP contribution in [0.5, 0.6) is 0 Å². The second-order valence-corrected chi connectivity index (χ2v) is 3.63. The number of nitrogens with two attached hydrogens (primary N) is 2. The van der Waals surface area contributed by atoms with E-state index in [9.17, 15) is 0 Å². The summed E-state index contributed by atoms with van der Waals surface area (Å²) in [5.41, 5.74) is 5.53. The third kappa shape index (κ3) is 18.3. The Morgan fingerprint density at radius 1 is 1.38 bits per heavy atom. The average Bonchev–Trinajstić information content (AvgIpc) is 1.81. The molecule has 0 radical (unpaired) electrons. The smallest absolute Gasteiger partial charge is 0.344 e. The minimum absolute atomic E-state index is 0.769. The first-order valence-corrected chi connectivity index (χ1v) is 4.73. The first-order valence-electron chi connectivity index (χ1n) is 3.26. The van der Waals surface area contributed by atoms with Crippen LogP contribution in [0.25, 0.3) is 0 Å². The van der Waals surface area contributed by atoms with Crippen LogP contribution in [-0.2, 0) is 10.3 Å². The first-order chi connectivity index (χ1) is 5.55. The zero-order chi connectivity index (χ0) is 11.2. The monoisotopic (exact) mass is 212 g/mol. The third-order valence-electron chi connectivity index (χ3n) is 0.916. The van der Waals surface area contributed by atoms with E-state index in [1.165, 1.54) is 0 Å². The number of nitrogens with zero attached hydrogens (tertiary/aromatic N) is 2. The van der Waals surface area contributed by atoms with E-state index >= 15 is 0 Å². The molecule has 0 aromatic carbocycles. The molecule has 0 aromatic heterocycles. The quantitative estimate of drug-likeness (QED) is 0.200. The van der Waals surface area contributed by atoms with Crippen molar-refractivity contribution in [3.63, 3.8) is 0 Å². The highest BCUT2D eigenvalue weighted by molar-refractivity contribution is 7.83. The molecule has 80 valence electrons. The Hall–Kier alpha value is -0.860. The van der Waals surface area contributed by atoms with Gasteiger partial charge in [-0.05, 0) is 0 Å². The van der Waals surface area contributed by atoms with Crippen molar-refractivity contribution in [3.8, 4) is 0 Å². The normalized spacial score (nSPS) is 9.69. The van der Waals surface area contributed by atoms with Crippen LogP contribution in [0.2, 0.25) is 0 Å². The molecule has 0 aliphatic carbocycles. The lowest BCUT2D eigenvalue weighted by Crippen LogP contribution is -2.36. The molecule has 0 unspecified atom stereocenters. The van der Waals surface area contributed by atoms with Gasteiger partial charge in [0.1, 0.15) is 0 Å². The van der Waals surface area contributed by atoms with Crippen molar-refractivity contribution in [2.75, 3.05) is 28.2 Å². The molecule has 0 aromatic rings. The molecule has 0 saturated carbocycles. The van der Waals surface area contributed by atoms with Crippen molar-refractivity contribution in [1.82, 2.24) is 4.90 Å². The average molecular weight is 212 g/mol. The van der Waals surface area contributed by atoms with E-state index in [2.05, 4.69) is 5.14 Å². The van der Waals surface area contributed by atoms with Gasteiger partial charge in [-0.1, -0.05) is 0 Å². The molecule has 4 N–H and O–H groups in total. The van der Waals surface area contributed by atoms with Gasteiger partial charge in [-0.15, -0.1) is 0 Å². The summed E-state index contributed by atoms with van der Waals surface area (Å²) in [6.45, 7) is 0. The SMILES string of the molecule is CN(C)C(N)=[N+](C)C.NS(=O)(=O)[O-]. The van der Waals surface area contributed by atoms with Gasteiger partial charge in [0.05, 0.1) is 28.2 Å². The van der Waals surface area contributed by atoms with Gasteiger partial charge in [0.2, 0.25) is 0 Å². The van der Waals surface area contributed by atoms with E-state index < -0.39 is 10.3 Å². The Labute approximate surface area is 78.5 Å². The topological polar surface area (TPSA) is 115 Å². The maximum atomic E-state index is 8.85. The summed E-state index contributed by atoms with van der Waals surface area (Å²) < 4.78 is 28.4. The summed E-state index contributed by atoms with van der Waals surface area (Å²) in [6, 6.07) is 0. The summed E-state index contributed by atoms with van der Waals surface area (Å²) in [4.78, 5) is 1.86. The van der Waals surface area contributed by atoms with Crippen molar-refractivity contribution < 1.29 is 17.5 Å². The summed E-state index contributed by atoms with van der Waals surface area (Å²) >= 11 is 0. The van der Waals surface area contributed by atoms with E-state index in [-0.39, 0.29) is 0 Å². The lowest BCUT2D eigenvalue weighted by Gasteiger charge is -2.04. The molecular weight excluding hydrogens is 196 g/mol. The van der Waals surface area contributed by atoms with Gasteiger partial charge in [-0.2, -0.15) is 0 Å². The first kappa shape index (κ1) is 14.7. The van der Waals surface area contributed by atoms with Crippen LogP contribution in [-0.4, -0.2) is 56.6 Å². The lowest BCUT2D eigenvalue weighted by atomic mass is 10.8. The number of hydrogen-bond donors (Lipinski definition) is 2. The van der Waals surface area contributed by atoms with Crippen molar-refractivity contribution >= 4 is 16.3 Å². The standard InChI is InChI=1S/C5H13N3.H3NO3S/c1-7(2)5(6)8(3)4;1-5(2,3)4/h6H,1-4H3;(H3,1,2,3,4). The molecular formula is C5H16N4O3S. The van der Waals surface area contributed by atoms with E-state index in [1.54, 1.807) is 0 Å². The molecule has 7 nitrogen and oxygen atoms in total. The second-order valence-electron chi connectivity index (χ2n) is 2.64. The summed E-state index contributed by atoms with van der Waals surface area (Å²) in [7, 11) is 3.23. The number of guanidine groups is 1. The maximum absolute atomic E-state index is 8.85. The molecule has 0 aliphatic rings. The van der Waals surface area contributed by atoms with Crippen LogP contribution in [0, 0.1) is 0 Å². The van der Waals surface area contributed by atoms with Gasteiger partial charge in [-0.25, -0.2) is 13.6 Å². The Kier molecular flexibility index (Phi) is 6.46. The Morgan fingerprint density at radius 2 is 1.62 bits per heavy atom. The molecule has 0 bridgehead atoms. The Balaban J connectivity index is 0. The van der Waals surface area contributed by atoms with Crippen LogP contribution in [0.1, 0.15) is 0 Å². The zero-order valence-electron chi connectivity index (χ0n) is 8.18. The summed E-state index contributed by atoms with van der Waals surface area (Å²) in [6.07, 6.45) is 0. The molecule has 0 rings (SSSR count). The van der Waals surface area contributed by atoms with Gasteiger partial charge < -0.3 is 4.55 Å². The van der Waals surface area contributed by atoms with Crippen molar-refractivity contribution in [2.24, 2.45) is 10.9 Å². The fourth-order valence-electron chi connectivity index (χ4n) is 0.400. The Morgan fingerprint density at radius 3 is 1.62 bits per heavy atom. The van der Waals surface area contributed by atoms with Gasteiger partial charge in [0, 0.05) is 0 Å². The van der Waals surface area contributed by atoms with Gasteiger partial charge in [0.15, 0.2) is 10.3 Å². The van der Waals surface area contributed by atoms with Crippen molar-refractivity contribution in [1.29, 1.82) is 0 Å². The van der Waals surface area contributed by atoms with E-state index in [0.717, 1.165) is 5.96 Å². The van der Waals surface area contributed by atoms with Crippen molar-refractivity contribution in [3.05, 3.63) is 0 Å². The molecule has 0 aliphatic heterocycles. The molecule has 0 fully saturated rings. The summed E-state index contributed by atoms with van der Waals surface area (Å²) in [5, 5.41) is 3.77. The van der Waals surface area contributed by atoms with Gasteiger partial charge >= 0.3 is 5.96 Å². The number of hydrogen-bond acceptors (Lipinski definition) is 3. The third-order valence-corrected chi connectivity index (χ3v) is 0.916. The zero-order valence-corrected chi connectivity index (χ0v) is 9.00. The van der Waals surface area contributed by atoms with E-state index in [4.69, 9.17) is 18.7 Å². The molecule has 0 heterocycles. The van der Waals surface area contributed by atoms with Crippen LogP contribution < -0.4 is 10.9 Å². The highest BCUT2D eigenvalue weighted by Gasteiger charge is 2.00. The van der Waals surface area contributed by atoms with Crippen molar-refractivity contribution in [2.45, 2.75) is 0 Å². The largest absolute Gasteiger partial charge is 0.736 e. The van der Waals surface area contributed by atoms with Crippen LogP contribution in [0.3, 0.4) is 0 Å². The number of rotatable bonds is 0. The fraction of sp³-hybridized carbons (Fsp3) is 0.800. The molecule has 0 spiro atoms. The minimum atomic E-state index is -4.42. The molecule has 0 atom stereocenters.